The molecule has 106 heavy (non-hydrogen) atoms. The lowest BCUT2D eigenvalue weighted by Crippen LogP contribution is -2.61. The number of benzene rings is 15. The quantitative estimate of drug-likeness (QED) is 0.142. The molecule has 0 aliphatic carbocycles. The fourth-order valence-corrected chi connectivity index (χ4v) is 17.9. The number of hydrogen-bond acceptors (Lipinski definition) is 4. The zero-order valence-electron chi connectivity index (χ0n) is 60.2. The van der Waals surface area contributed by atoms with Crippen molar-refractivity contribution in [3.63, 3.8) is 0 Å². The van der Waals surface area contributed by atoms with E-state index in [9.17, 15) is 0 Å². The number of fused-ring (bicyclic) bond motifs is 18. The van der Waals surface area contributed by atoms with Crippen LogP contribution >= 0.6 is 0 Å². The van der Waals surface area contributed by atoms with Crippen LogP contribution in [0.5, 0.6) is 0 Å². The second kappa shape index (κ2) is 23.1. The molecule has 21 rings (SSSR count). The summed E-state index contributed by atoms with van der Waals surface area (Å²) in [7, 11) is 0. The minimum Gasteiger partial charge on any atom is -0.455 e. The van der Waals surface area contributed by atoms with Gasteiger partial charge in [0.25, 0.3) is 6.71 Å². The minimum atomic E-state index is -0.267. The fraction of sp³-hybridized carbons (Fsp3) is 0.0909. The Labute approximate surface area is 615 Å². The average molecular weight is 1360 g/mol. The van der Waals surface area contributed by atoms with Gasteiger partial charge in [0.2, 0.25) is 0 Å². The predicted octanol–water partition coefficient (Wildman–Crippen LogP) is 25.3. The lowest BCUT2D eigenvalue weighted by atomic mass is 9.33. The molecule has 4 aromatic heterocycles. The largest absolute Gasteiger partial charge is 0.455 e. The van der Waals surface area contributed by atoms with Gasteiger partial charge >= 0.3 is 0 Å². The van der Waals surface area contributed by atoms with Crippen LogP contribution in [-0.2, 0) is 10.8 Å². The van der Waals surface area contributed by atoms with E-state index in [1.54, 1.807) is 0 Å². The molecule has 0 fully saturated rings. The van der Waals surface area contributed by atoms with Crippen LogP contribution in [0.15, 0.2) is 324 Å². The van der Waals surface area contributed by atoms with Crippen LogP contribution in [0.4, 0.5) is 34.1 Å². The van der Waals surface area contributed by atoms with E-state index in [4.69, 9.17) is 8.83 Å². The molecule has 0 amide bonds. The Morgan fingerprint density at radius 1 is 0.292 bits per heavy atom. The van der Waals surface area contributed by atoms with Gasteiger partial charge in [0, 0.05) is 88.7 Å². The van der Waals surface area contributed by atoms with E-state index in [2.05, 4.69) is 383 Å². The van der Waals surface area contributed by atoms with Crippen LogP contribution in [0.3, 0.4) is 0 Å². The van der Waals surface area contributed by atoms with Crippen molar-refractivity contribution in [1.29, 1.82) is 0 Å². The molecular weight excluding hydrogens is 1290 g/mol. The molecule has 504 valence electrons. The summed E-state index contributed by atoms with van der Waals surface area (Å²) in [5, 5.41) is 8.92. The highest BCUT2D eigenvalue weighted by atomic mass is 16.3. The maximum absolute atomic E-state index is 6.96. The van der Waals surface area contributed by atoms with Gasteiger partial charge in [-0.2, -0.15) is 0 Å². The highest BCUT2D eigenvalue weighted by Gasteiger charge is 2.46. The first-order chi connectivity index (χ1) is 51.8. The summed E-state index contributed by atoms with van der Waals surface area (Å²) in [6.07, 6.45) is 0. The van der Waals surface area contributed by atoms with Crippen molar-refractivity contribution in [3.8, 4) is 55.9 Å². The summed E-state index contributed by atoms with van der Waals surface area (Å²) >= 11 is 0. The smallest absolute Gasteiger partial charge is 0.252 e. The molecule has 6 heterocycles. The van der Waals surface area contributed by atoms with Gasteiger partial charge in [0.1, 0.15) is 22.3 Å². The normalized spacial score (nSPS) is 13.0. The Hall–Kier alpha value is -12.8. The number of hydrogen-bond donors (Lipinski definition) is 0. The number of nitrogens with zero attached hydrogens (tertiary/aromatic N) is 4. The van der Waals surface area contributed by atoms with Crippen molar-refractivity contribution in [2.24, 2.45) is 0 Å². The molecule has 0 saturated heterocycles. The second-order valence-electron chi connectivity index (χ2n) is 31.2. The van der Waals surface area contributed by atoms with Crippen LogP contribution in [0.25, 0.3) is 143 Å². The first-order valence-electron chi connectivity index (χ1n) is 37.1. The second-order valence-corrected chi connectivity index (χ2v) is 31.2. The Bertz CT molecular complexity index is 6330. The Balaban J connectivity index is 0.918. The monoisotopic (exact) mass is 1360 g/mol. The molecule has 15 aromatic carbocycles. The molecule has 2 aliphatic heterocycles. The summed E-state index contributed by atoms with van der Waals surface area (Å²) in [4.78, 5) is 5.38. The van der Waals surface area contributed by atoms with E-state index in [0.29, 0.717) is 0 Å². The number of furan rings is 2. The van der Waals surface area contributed by atoms with E-state index < -0.39 is 0 Å². The van der Waals surface area contributed by atoms with E-state index in [0.717, 1.165) is 183 Å². The molecule has 0 unspecified atom stereocenters. The van der Waals surface area contributed by atoms with Crippen LogP contribution in [-0.4, -0.2) is 15.8 Å². The van der Waals surface area contributed by atoms with Crippen LogP contribution in [0.1, 0.15) is 58.2 Å². The van der Waals surface area contributed by atoms with Crippen molar-refractivity contribution < 1.29 is 8.83 Å². The van der Waals surface area contributed by atoms with Gasteiger partial charge in [-0.3, -0.25) is 0 Å². The molecule has 6 nitrogen and oxygen atoms in total. The van der Waals surface area contributed by atoms with Gasteiger partial charge in [-0.05, 0) is 182 Å². The summed E-state index contributed by atoms with van der Waals surface area (Å²) < 4.78 is 18.9. The number of aromatic nitrogens is 2. The maximum Gasteiger partial charge on any atom is 0.252 e. The van der Waals surface area contributed by atoms with Crippen molar-refractivity contribution in [3.05, 3.63) is 332 Å². The summed E-state index contributed by atoms with van der Waals surface area (Å²) in [5.74, 6) is 0. The van der Waals surface area contributed by atoms with E-state index in [1.165, 1.54) is 27.5 Å². The highest BCUT2D eigenvalue weighted by Crippen LogP contribution is 2.56. The topological polar surface area (TPSA) is 42.6 Å². The number of anilines is 6. The molecule has 0 saturated carbocycles. The van der Waals surface area contributed by atoms with Gasteiger partial charge < -0.3 is 27.8 Å². The zero-order valence-corrected chi connectivity index (χ0v) is 60.2. The molecule has 0 atom stereocenters. The van der Waals surface area contributed by atoms with Crippen molar-refractivity contribution in [2.75, 3.05) is 9.80 Å². The first kappa shape index (κ1) is 61.8. The van der Waals surface area contributed by atoms with Gasteiger partial charge in [0.05, 0.1) is 44.2 Å². The highest BCUT2D eigenvalue weighted by molar-refractivity contribution is 7.00. The van der Waals surface area contributed by atoms with Gasteiger partial charge in [0.15, 0.2) is 0 Å². The van der Waals surface area contributed by atoms with Crippen LogP contribution in [0.2, 0.25) is 0 Å². The van der Waals surface area contributed by atoms with Gasteiger partial charge in [-0.1, -0.05) is 248 Å². The summed E-state index contributed by atoms with van der Waals surface area (Å²) in [6.45, 7) is 16.1. The average Bonchev–Trinajstić information content (AvgIpc) is 0.780. The molecule has 0 N–H and O–H groups in total. The first-order valence-corrected chi connectivity index (χ1v) is 37.1. The fourth-order valence-electron chi connectivity index (χ4n) is 17.9. The van der Waals surface area contributed by atoms with E-state index in [-0.39, 0.29) is 17.5 Å². The zero-order chi connectivity index (χ0) is 71.0. The number of rotatable bonds is 8. The Morgan fingerprint density at radius 2 is 0.632 bits per heavy atom. The van der Waals surface area contributed by atoms with Crippen molar-refractivity contribution >= 4 is 145 Å². The predicted molar refractivity (Wildman–Crippen MR) is 448 cm³/mol. The van der Waals surface area contributed by atoms with Gasteiger partial charge in [-0.15, -0.1) is 0 Å². The SMILES string of the molecule is Cc1cc2c3c(c1)N(c1c(-c4ccccc4)cc(C(C)(C)C)cc1-c1ccccc1)c1cc(-n4c5ccccc5c5c6oc7ccccc7c6ccc54)ccc1B3c1ccc(-n3c4ccccc4c4c5oc6ccccc6c5ccc43)cc1N2c1c(-c2ccccc2)cc(C(C)(C)C)cc1-c1ccccc1. The number of aryl methyl sites for hydroxylation is 1. The molecule has 2 aliphatic rings. The minimum absolute atomic E-state index is 0.203. The van der Waals surface area contributed by atoms with Crippen molar-refractivity contribution in [1.82, 2.24) is 9.13 Å². The third-order valence-corrected chi connectivity index (χ3v) is 22.8. The molecular formula is C99H73BN4O2. The standard InChI is InChI=1S/C99H73BN4O2/c1-60-52-87-93-88(53-60)104(95-77(63-32-16-10-17-33-63)56-66(99(5,6)7)57-78(95)64-34-18-11-19-35-64)86-59-68(102-82-41-25-21-39-74(82)92-84(102)51-47-72-70-37-23-27-43-90(70)106-97(72)92)45-49-80(86)100(93)79-48-44-67(101-81-40-24-20-38-73(81)91-83(101)50-46-71-69-36-22-26-42-89(69)105-96(71)91)58-85(79)103(87)94-75(61-28-12-8-13-29-61)54-65(98(2,3)4)55-76(94)62-30-14-9-15-31-62/h8-59H,1-7H3. The summed E-state index contributed by atoms with van der Waals surface area (Å²) in [6, 6.07) is 118. The molecule has 7 heteroatoms. The van der Waals surface area contributed by atoms with E-state index >= 15 is 0 Å². The van der Waals surface area contributed by atoms with Crippen molar-refractivity contribution in [2.45, 2.75) is 59.3 Å². The van der Waals surface area contributed by atoms with E-state index in [1.807, 2.05) is 0 Å². The molecule has 19 aromatic rings. The third kappa shape index (κ3) is 9.24. The molecule has 0 bridgehead atoms. The number of para-hydroxylation sites is 4. The summed E-state index contributed by atoms with van der Waals surface area (Å²) in [5.41, 5.74) is 32.8. The van der Waals surface area contributed by atoms with Crippen LogP contribution < -0.4 is 26.2 Å². The Morgan fingerprint density at radius 3 is 1.00 bits per heavy atom. The molecule has 0 radical (unpaired) electrons. The Kier molecular flexibility index (Phi) is 13.5. The van der Waals surface area contributed by atoms with Gasteiger partial charge in [-0.25, -0.2) is 0 Å². The lowest BCUT2D eigenvalue weighted by Gasteiger charge is -2.46. The molecule has 0 spiro atoms. The maximum atomic E-state index is 6.96. The third-order valence-electron chi connectivity index (χ3n) is 22.8. The van der Waals surface area contributed by atoms with Crippen LogP contribution in [0, 0.1) is 6.92 Å². The lowest BCUT2D eigenvalue weighted by molar-refractivity contribution is 0.590.